The highest BCUT2D eigenvalue weighted by Gasteiger charge is 2.35. The number of carbonyl (C=O) groups is 1. The fourth-order valence-corrected chi connectivity index (χ4v) is 2.35. The molecule has 0 saturated heterocycles. The molecule has 2 N–H and O–H groups in total. The molecule has 1 aliphatic rings. The van der Waals surface area contributed by atoms with Gasteiger partial charge in [0, 0.05) is 29.8 Å². The molecule has 0 heterocycles. The number of hydrogen-bond donors (Lipinski definition) is 2. The highest BCUT2D eigenvalue weighted by Crippen LogP contribution is 2.35. The third-order valence-corrected chi connectivity index (χ3v) is 3.50. The third kappa shape index (κ3) is 4.68. The Labute approximate surface area is 136 Å². The summed E-state index contributed by atoms with van der Waals surface area (Å²) in [5, 5.41) is 16.3. The van der Waals surface area contributed by atoms with E-state index in [1.54, 1.807) is 0 Å². The summed E-state index contributed by atoms with van der Waals surface area (Å²) in [6.07, 6.45) is 7.82. The largest absolute Gasteiger partial charge is 0.334 e. The van der Waals surface area contributed by atoms with Crippen molar-refractivity contribution in [1.29, 1.82) is 0 Å². The topological polar surface area (TPSA) is 84.3 Å². The van der Waals surface area contributed by atoms with E-state index in [-0.39, 0.29) is 23.2 Å². The molecule has 0 bridgehead atoms. The van der Waals surface area contributed by atoms with E-state index in [1.165, 1.54) is 24.3 Å². The molecule has 1 saturated carbocycles. The van der Waals surface area contributed by atoms with E-state index in [0.29, 0.717) is 5.69 Å². The van der Waals surface area contributed by atoms with Gasteiger partial charge in [0.2, 0.25) is 0 Å². The number of non-ortho nitro benzene ring substituents is 1. The van der Waals surface area contributed by atoms with E-state index in [9.17, 15) is 14.9 Å². The van der Waals surface area contributed by atoms with Crippen molar-refractivity contribution in [2.24, 2.45) is 5.41 Å². The number of nitro benzene ring substituents is 1. The number of carbonyl (C=O) groups excluding carboxylic acids is 1. The Morgan fingerprint density at radius 3 is 2.17 bits per heavy atom. The summed E-state index contributed by atoms with van der Waals surface area (Å²) in [6, 6.07) is 5.23. The van der Waals surface area contributed by atoms with Crippen molar-refractivity contribution < 1.29 is 9.72 Å². The van der Waals surface area contributed by atoms with E-state index in [2.05, 4.69) is 31.4 Å². The minimum atomic E-state index is -0.477. The van der Waals surface area contributed by atoms with E-state index in [1.807, 2.05) is 25.7 Å². The van der Waals surface area contributed by atoms with Gasteiger partial charge in [-0.05, 0) is 43.2 Å². The average Bonchev–Trinajstić information content (AvgIpc) is 2.98. The first-order valence-corrected chi connectivity index (χ1v) is 7.31. The molecule has 121 valence electrons. The van der Waals surface area contributed by atoms with Crippen molar-refractivity contribution in [2.75, 3.05) is 5.32 Å². The van der Waals surface area contributed by atoms with E-state index >= 15 is 0 Å². The van der Waals surface area contributed by atoms with Gasteiger partial charge >= 0.3 is 6.03 Å². The van der Waals surface area contributed by atoms with Crippen LogP contribution in [-0.4, -0.2) is 17.0 Å². The highest BCUT2D eigenvalue weighted by molar-refractivity contribution is 5.89. The average molecular weight is 314 g/mol. The number of nitrogens with zero attached hydrogens (tertiary/aromatic N) is 1. The standard InChI is InChI=1S/C17H20N3O3/c1-17(2,3)15(12-6-4-5-7-12)19-16(21)18-13-8-10-14(11-9-13)20(22)23/h4-11,15H,1-3H3,(H2,18,19,21)/t15-/m0/s1. The van der Waals surface area contributed by atoms with Crippen LogP contribution in [0.15, 0.2) is 24.3 Å². The van der Waals surface area contributed by atoms with Crippen LogP contribution in [0.5, 0.6) is 0 Å². The first kappa shape index (κ1) is 17.2. The molecular weight excluding hydrogens is 294 g/mol. The van der Waals surface area contributed by atoms with Gasteiger partial charge in [-0.1, -0.05) is 20.8 Å². The normalized spacial score (nSPS) is 16.8. The summed E-state index contributed by atoms with van der Waals surface area (Å²) in [7, 11) is 0. The molecule has 0 unspecified atom stereocenters. The van der Waals surface area contributed by atoms with Gasteiger partial charge in [-0.3, -0.25) is 10.1 Å². The first-order valence-electron chi connectivity index (χ1n) is 7.31. The Balaban J connectivity index is 1.99. The molecule has 1 fully saturated rings. The first-order chi connectivity index (χ1) is 10.8. The van der Waals surface area contributed by atoms with E-state index < -0.39 is 4.92 Å². The van der Waals surface area contributed by atoms with Gasteiger partial charge < -0.3 is 10.6 Å². The van der Waals surface area contributed by atoms with Gasteiger partial charge in [0.25, 0.3) is 5.69 Å². The van der Waals surface area contributed by atoms with Crippen LogP contribution >= 0.6 is 0 Å². The second-order valence-corrected chi connectivity index (χ2v) is 6.42. The maximum atomic E-state index is 12.2. The maximum absolute atomic E-state index is 12.2. The van der Waals surface area contributed by atoms with Crippen LogP contribution in [0.4, 0.5) is 16.2 Å². The van der Waals surface area contributed by atoms with Crippen LogP contribution < -0.4 is 10.6 Å². The minimum Gasteiger partial charge on any atom is -0.334 e. The zero-order valence-electron chi connectivity index (χ0n) is 13.4. The number of anilines is 1. The van der Waals surface area contributed by atoms with Crippen molar-refractivity contribution in [3.05, 3.63) is 66.0 Å². The van der Waals surface area contributed by atoms with Gasteiger partial charge in [0.1, 0.15) is 0 Å². The summed E-state index contributed by atoms with van der Waals surface area (Å²) in [6.45, 7) is 6.16. The van der Waals surface area contributed by atoms with Gasteiger partial charge in [0.15, 0.2) is 0 Å². The molecule has 23 heavy (non-hydrogen) atoms. The summed E-state index contributed by atoms with van der Waals surface area (Å²) in [4.78, 5) is 22.4. The summed E-state index contributed by atoms with van der Waals surface area (Å²) in [5.41, 5.74) is 0.338. The predicted octanol–water partition coefficient (Wildman–Crippen LogP) is 3.54. The number of urea groups is 1. The Kier molecular flexibility index (Phi) is 5.23. The summed E-state index contributed by atoms with van der Waals surface area (Å²) >= 11 is 0. The molecule has 6 heteroatoms. The zero-order valence-corrected chi connectivity index (χ0v) is 13.4. The SMILES string of the molecule is CC(C)(C)[C@@H](NC(=O)Nc1ccc([N+](=O)[O-])cc1)[C]1[CH][CH][CH][CH]1. The van der Waals surface area contributed by atoms with Crippen LogP contribution in [0.1, 0.15) is 20.8 Å². The summed E-state index contributed by atoms with van der Waals surface area (Å²) < 4.78 is 0. The van der Waals surface area contributed by atoms with E-state index in [4.69, 9.17) is 0 Å². The Bertz CT molecular complexity index is 557. The molecule has 0 aliphatic heterocycles. The third-order valence-electron chi connectivity index (χ3n) is 3.50. The van der Waals surface area contributed by atoms with Crippen LogP contribution in [0, 0.1) is 47.1 Å². The predicted molar refractivity (Wildman–Crippen MR) is 88.9 cm³/mol. The monoisotopic (exact) mass is 314 g/mol. The smallest absolute Gasteiger partial charge is 0.319 e. The molecule has 1 aliphatic carbocycles. The molecule has 5 radical (unpaired) electrons. The molecule has 0 aromatic heterocycles. The van der Waals surface area contributed by atoms with Crippen molar-refractivity contribution in [1.82, 2.24) is 5.32 Å². The number of nitro groups is 1. The second-order valence-electron chi connectivity index (χ2n) is 6.42. The molecule has 1 aromatic rings. The molecule has 1 atom stereocenters. The van der Waals surface area contributed by atoms with Gasteiger partial charge in [-0.25, -0.2) is 4.79 Å². The quantitative estimate of drug-likeness (QED) is 0.658. The van der Waals surface area contributed by atoms with Gasteiger partial charge in [-0.15, -0.1) is 0 Å². The number of amides is 2. The Hall–Kier alpha value is -2.11. The van der Waals surface area contributed by atoms with Gasteiger partial charge in [0.05, 0.1) is 4.92 Å². The molecule has 2 amide bonds. The van der Waals surface area contributed by atoms with Crippen LogP contribution in [0.25, 0.3) is 0 Å². The lowest BCUT2D eigenvalue weighted by Crippen LogP contribution is -2.48. The number of nitrogens with one attached hydrogen (secondary N) is 2. The molecule has 6 nitrogen and oxygen atoms in total. The Morgan fingerprint density at radius 2 is 1.70 bits per heavy atom. The van der Waals surface area contributed by atoms with Crippen LogP contribution in [-0.2, 0) is 0 Å². The van der Waals surface area contributed by atoms with Crippen LogP contribution in [0.2, 0.25) is 0 Å². The fourth-order valence-electron chi connectivity index (χ4n) is 2.35. The van der Waals surface area contributed by atoms with Gasteiger partial charge in [-0.2, -0.15) is 0 Å². The maximum Gasteiger partial charge on any atom is 0.319 e. The molecule has 1 aromatic carbocycles. The van der Waals surface area contributed by atoms with Crippen molar-refractivity contribution >= 4 is 17.4 Å². The van der Waals surface area contributed by atoms with Crippen molar-refractivity contribution in [3.8, 4) is 0 Å². The summed E-state index contributed by atoms with van der Waals surface area (Å²) in [5.74, 6) is 1.04. The minimum absolute atomic E-state index is 0.0136. The molecule has 2 rings (SSSR count). The molecule has 0 spiro atoms. The number of hydrogen-bond acceptors (Lipinski definition) is 3. The van der Waals surface area contributed by atoms with E-state index in [0.717, 1.165) is 5.92 Å². The fraction of sp³-hybridized carbons (Fsp3) is 0.294. The number of benzene rings is 1. The highest BCUT2D eigenvalue weighted by atomic mass is 16.6. The zero-order chi connectivity index (χ0) is 17.0. The van der Waals surface area contributed by atoms with Crippen molar-refractivity contribution in [2.45, 2.75) is 26.8 Å². The second kappa shape index (κ2) is 6.98. The Morgan fingerprint density at radius 1 is 1.13 bits per heavy atom. The van der Waals surface area contributed by atoms with Crippen molar-refractivity contribution in [3.63, 3.8) is 0 Å². The number of rotatable bonds is 4. The lowest BCUT2D eigenvalue weighted by molar-refractivity contribution is -0.384. The molecular formula is C17H20N3O3. The lowest BCUT2D eigenvalue weighted by atomic mass is 9.78. The lowest BCUT2D eigenvalue weighted by Gasteiger charge is -2.35. The van der Waals surface area contributed by atoms with Crippen LogP contribution in [0.3, 0.4) is 0 Å².